The molecule has 1 fully saturated rings. The monoisotopic (exact) mass is 299 g/mol. The van der Waals surface area contributed by atoms with E-state index in [-0.39, 0.29) is 12.6 Å². The van der Waals surface area contributed by atoms with Crippen molar-refractivity contribution in [1.82, 2.24) is 15.5 Å². The maximum absolute atomic E-state index is 11.7. The van der Waals surface area contributed by atoms with Gasteiger partial charge < -0.3 is 20.6 Å². The van der Waals surface area contributed by atoms with Gasteiger partial charge in [0.2, 0.25) is 0 Å². The van der Waals surface area contributed by atoms with Gasteiger partial charge in [-0.15, -0.1) is 0 Å². The van der Waals surface area contributed by atoms with Gasteiger partial charge in [0.05, 0.1) is 5.41 Å². The lowest BCUT2D eigenvalue weighted by Crippen LogP contribution is -2.45. The molecule has 0 saturated heterocycles. The van der Waals surface area contributed by atoms with Crippen molar-refractivity contribution in [1.29, 1.82) is 0 Å². The zero-order chi connectivity index (χ0) is 15.9. The van der Waals surface area contributed by atoms with Crippen LogP contribution in [0.15, 0.2) is 0 Å². The molecule has 21 heavy (non-hydrogen) atoms. The Balaban J connectivity index is 2.20. The topological polar surface area (TPSA) is 81.7 Å². The number of nitrogens with zero attached hydrogens (tertiary/aromatic N) is 1. The molecule has 0 heterocycles. The second kappa shape index (κ2) is 8.22. The largest absolute Gasteiger partial charge is 0.481 e. The van der Waals surface area contributed by atoms with Crippen LogP contribution in [0.25, 0.3) is 0 Å². The molecular weight excluding hydrogens is 270 g/mol. The SMILES string of the molecule is CC(C)N(C)CCCNC(=O)NCC1(C(=O)O)CCCC1. The molecule has 0 radical (unpaired) electrons. The summed E-state index contributed by atoms with van der Waals surface area (Å²) in [5.74, 6) is -0.793. The maximum Gasteiger partial charge on any atom is 0.314 e. The van der Waals surface area contributed by atoms with Gasteiger partial charge in [-0.1, -0.05) is 12.8 Å². The molecule has 0 aromatic heterocycles. The summed E-state index contributed by atoms with van der Waals surface area (Å²) in [6, 6.07) is 0.228. The van der Waals surface area contributed by atoms with E-state index >= 15 is 0 Å². The summed E-state index contributed by atoms with van der Waals surface area (Å²) in [6.07, 6.45) is 4.05. The predicted octanol–water partition coefficient (Wildman–Crippen LogP) is 1.66. The highest BCUT2D eigenvalue weighted by molar-refractivity contribution is 5.78. The number of amides is 2. The van der Waals surface area contributed by atoms with Gasteiger partial charge in [-0.05, 0) is 46.7 Å². The van der Waals surface area contributed by atoms with Crippen molar-refractivity contribution < 1.29 is 14.7 Å². The Kier molecular flexibility index (Phi) is 6.95. The van der Waals surface area contributed by atoms with Gasteiger partial charge in [0.15, 0.2) is 0 Å². The minimum Gasteiger partial charge on any atom is -0.481 e. The highest BCUT2D eigenvalue weighted by Gasteiger charge is 2.41. The van der Waals surface area contributed by atoms with Crippen molar-refractivity contribution >= 4 is 12.0 Å². The molecule has 1 aliphatic rings. The molecule has 1 aliphatic carbocycles. The summed E-state index contributed by atoms with van der Waals surface area (Å²) in [4.78, 5) is 25.3. The number of carbonyl (C=O) groups excluding carboxylic acids is 1. The summed E-state index contributed by atoms with van der Waals surface area (Å²) in [6.45, 7) is 6.01. The smallest absolute Gasteiger partial charge is 0.314 e. The number of hydrogen-bond acceptors (Lipinski definition) is 3. The first-order valence-electron chi connectivity index (χ1n) is 7.83. The minimum atomic E-state index is -0.793. The molecule has 0 aromatic carbocycles. The second-order valence-corrected chi connectivity index (χ2v) is 6.33. The molecule has 6 heteroatoms. The van der Waals surface area contributed by atoms with E-state index in [0.717, 1.165) is 25.8 Å². The number of urea groups is 1. The van der Waals surface area contributed by atoms with Crippen molar-refractivity contribution in [2.45, 2.75) is 52.0 Å². The highest BCUT2D eigenvalue weighted by atomic mass is 16.4. The molecule has 1 rings (SSSR count). The fourth-order valence-electron chi connectivity index (χ4n) is 2.62. The first-order chi connectivity index (χ1) is 9.87. The van der Waals surface area contributed by atoms with Gasteiger partial charge in [-0.2, -0.15) is 0 Å². The number of carbonyl (C=O) groups is 2. The van der Waals surface area contributed by atoms with Crippen LogP contribution in [0.4, 0.5) is 4.79 Å². The summed E-state index contributed by atoms with van der Waals surface area (Å²) in [5.41, 5.74) is -0.755. The summed E-state index contributed by atoms with van der Waals surface area (Å²) in [5, 5.41) is 14.8. The van der Waals surface area contributed by atoms with Crippen molar-refractivity contribution in [3.05, 3.63) is 0 Å². The standard InChI is InChI=1S/C15H29N3O3/c1-12(2)18(3)10-6-9-16-14(21)17-11-15(13(19)20)7-4-5-8-15/h12H,4-11H2,1-3H3,(H,19,20)(H2,16,17,21). The van der Waals surface area contributed by atoms with Crippen LogP contribution in [-0.4, -0.2) is 54.7 Å². The van der Waals surface area contributed by atoms with Crippen LogP contribution >= 0.6 is 0 Å². The van der Waals surface area contributed by atoms with Crippen LogP contribution in [0.5, 0.6) is 0 Å². The van der Waals surface area contributed by atoms with Gasteiger partial charge >= 0.3 is 12.0 Å². The van der Waals surface area contributed by atoms with Crippen molar-refractivity contribution in [3.8, 4) is 0 Å². The third-order valence-corrected chi connectivity index (χ3v) is 4.46. The summed E-state index contributed by atoms with van der Waals surface area (Å²) < 4.78 is 0. The Morgan fingerprint density at radius 2 is 1.86 bits per heavy atom. The van der Waals surface area contributed by atoms with Crippen LogP contribution in [-0.2, 0) is 4.79 Å². The lowest BCUT2D eigenvalue weighted by Gasteiger charge is -2.24. The second-order valence-electron chi connectivity index (χ2n) is 6.33. The average Bonchev–Trinajstić information content (AvgIpc) is 2.91. The van der Waals surface area contributed by atoms with E-state index < -0.39 is 11.4 Å². The van der Waals surface area contributed by atoms with Crippen LogP contribution < -0.4 is 10.6 Å². The van der Waals surface area contributed by atoms with Crippen molar-refractivity contribution in [2.24, 2.45) is 5.41 Å². The molecule has 0 unspecified atom stereocenters. The summed E-state index contributed by atoms with van der Waals surface area (Å²) in [7, 11) is 2.06. The number of nitrogens with one attached hydrogen (secondary N) is 2. The molecular formula is C15H29N3O3. The molecule has 0 atom stereocenters. The van der Waals surface area contributed by atoms with Gasteiger partial charge in [-0.25, -0.2) is 4.79 Å². The van der Waals surface area contributed by atoms with Crippen LogP contribution in [0.3, 0.4) is 0 Å². The van der Waals surface area contributed by atoms with E-state index in [2.05, 4.69) is 36.4 Å². The molecule has 6 nitrogen and oxygen atoms in total. The lowest BCUT2D eigenvalue weighted by molar-refractivity contribution is -0.148. The van der Waals surface area contributed by atoms with Gasteiger partial charge in [0.25, 0.3) is 0 Å². The Morgan fingerprint density at radius 3 is 2.38 bits per heavy atom. The molecule has 0 spiro atoms. The van der Waals surface area contributed by atoms with E-state index in [1.165, 1.54) is 0 Å². The third-order valence-electron chi connectivity index (χ3n) is 4.46. The molecule has 122 valence electrons. The van der Waals surface area contributed by atoms with Gasteiger partial charge in [0.1, 0.15) is 0 Å². The van der Waals surface area contributed by atoms with E-state index in [9.17, 15) is 14.7 Å². The fourth-order valence-corrected chi connectivity index (χ4v) is 2.62. The van der Waals surface area contributed by atoms with E-state index in [4.69, 9.17) is 0 Å². The van der Waals surface area contributed by atoms with E-state index in [1.807, 2.05) is 0 Å². The number of aliphatic carboxylic acids is 1. The van der Waals surface area contributed by atoms with Gasteiger partial charge in [0, 0.05) is 19.1 Å². The Hall–Kier alpha value is -1.30. The predicted molar refractivity (Wildman–Crippen MR) is 82.3 cm³/mol. The third kappa shape index (κ3) is 5.53. The van der Waals surface area contributed by atoms with E-state index in [0.29, 0.717) is 25.4 Å². The Labute approximate surface area is 127 Å². The lowest BCUT2D eigenvalue weighted by atomic mass is 9.86. The van der Waals surface area contributed by atoms with Gasteiger partial charge in [-0.3, -0.25) is 4.79 Å². The number of hydrogen-bond donors (Lipinski definition) is 3. The quantitative estimate of drug-likeness (QED) is 0.595. The number of rotatable bonds is 8. The average molecular weight is 299 g/mol. The summed E-state index contributed by atoms with van der Waals surface area (Å²) >= 11 is 0. The highest BCUT2D eigenvalue weighted by Crippen LogP contribution is 2.37. The molecule has 0 aliphatic heterocycles. The molecule has 2 amide bonds. The Morgan fingerprint density at radius 1 is 1.24 bits per heavy atom. The Bertz CT molecular complexity index is 352. The number of carboxylic acids is 1. The van der Waals surface area contributed by atoms with Crippen LogP contribution in [0, 0.1) is 5.41 Å². The van der Waals surface area contributed by atoms with Crippen molar-refractivity contribution in [2.75, 3.05) is 26.7 Å². The molecule has 0 bridgehead atoms. The van der Waals surface area contributed by atoms with E-state index in [1.54, 1.807) is 0 Å². The number of carboxylic acid groups (broad SMARTS) is 1. The first kappa shape index (κ1) is 17.8. The normalized spacial score (nSPS) is 17.2. The first-order valence-corrected chi connectivity index (χ1v) is 7.83. The minimum absolute atomic E-state index is 0.222. The van der Waals surface area contributed by atoms with Crippen LogP contribution in [0.2, 0.25) is 0 Å². The maximum atomic E-state index is 11.7. The molecule has 0 aromatic rings. The van der Waals surface area contributed by atoms with Crippen LogP contribution in [0.1, 0.15) is 46.0 Å². The molecule has 3 N–H and O–H groups in total. The zero-order valence-corrected chi connectivity index (χ0v) is 13.4. The fraction of sp³-hybridized carbons (Fsp3) is 0.867. The molecule has 1 saturated carbocycles. The zero-order valence-electron chi connectivity index (χ0n) is 13.4. The van der Waals surface area contributed by atoms with Crippen molar-refractivity contribution in [3.63, 3.8) is 0 Å².